The van der Waals surface area contributed by atoms with Crippen molar-refractivity contribution in [1.29, 1.82) is 0 Å². The molecule has 0 heterocycles. The topological polar surface area (TPSA) is 20.2 Å². The predicted molar refractivity (Wildman–Crippen MR) is 44.9 cm³/mol. The van der Waals surface area contributed by atoms with E-state index in [2.05, 4.69) is 13.2 Å². The molecule has 0 unspecified atom stereocenters. The molecule has 0 aromatic carbocycles. The van der Waals surface area contributed by atoms with E-state index in [0.29, 0.717) is 5.57 Å². The lowest BCUT2D eigenvalue weighted by Gasteiger charge is -1.97. The van der Waals surface area contributed by atoms with E-state index in [1.807, 2.05) is 0 Å². The minimum atomic E-state index is -0.697. The van der Waals surface area contributed by atoms with Gasteiger partial charge in [-0.2, -0.15) is 0 Å². The Morgan fingerprint density at radius 3 is 2.36 bits per heavy atom. The van der Waals surface area contributed by atoms with Gasteiger partial charge in [0.05, 0.1) is 0 Å². The van der Waals surface area contributed by atoms with Gasteiger partial charge in [0.15, 0.2) is 11.6 Å². The maximum Gasteiger partial charge on any atom is 0.165 e. The summed E-state index contributed by atoms with van der Waals surface area (Å²) in [5.74, 6) is -1.09. The van der Waals surface area contributed by atoms with E-state index < -0.39 is 5.83 Å². The molecule has 0 aromatic rings. The first kappa shape index (κ1) is 9.69. The molecule has 0 aromatic heterocycles. The number of aliphatic hydroxyl groups excluding tert-OH is 1. The van der Waals surface area contributed by atoms with Crippen molar-refractivity contribution in [3.63, 3.8) is 0 Å². The van der Waals surface area contributed by atoms with Gasteiger partial charge in [0.1, 0.15) is 0 Å². The largest absolute Gasteiger partial charge is 0.505 e. The fraction of sp³-hybridized carbons (Fsp3) is 0.111. The monoisotopic (exact) mass is 154 g/mol. The fourth-order valence-electron chi connectivity index (χ4n) is 0.467. The summed E-state index contributed by atoms with van der Waals surface area (Å²) in [6, 6.07) is 0. The van der Waals surface area contributed by atoms with Crippen LogP contribution in [0.25, 0.3) is 0 Å². The third-order valence-corrected chi connectivity index (χ3v) is 1.17. The van der Waals surface area contributed by atoms with Gasteiger partial charge in [-0.1, -0.05) is 25.3 Å². The Labute approximate surface area is 65.9 Å². The van der Waals surface area contributed by atoms with Crippen molar-refractivity contribution < 1.29 is 9.50 Å². The van der Waals surface area contributed by atoms with Gasteiger partial charge >= 0.3 is 0 Å². The molecule has 0 rings (SSSR count). The van der Waals surface area contributed by atoms with E-state index >= 15 is 0 Å². The highest BCUT2D eigenvalue weighted by Crippen LogP contribution is 2.13. The number of allylic oxidation sites excluding steroid dienone is 5. The summed E-state index contributed by atoms with van der Waals surface area (Å²) < 4.78 is 12.7. The minimum absolute atomic E-state index is 0.389. The van der Waals surface area contributed by atoms with Crippen LogP contribution < -0.4 is 0 Å². The van der Waals surface area contributed by atoms with E-state index in [4.69, 9.17) is 5.11 Å². The average molecular weight is 154 g/mol. The zero-order valence-electron chi connectivity index (χ0n) is 6.47. The fourth-order valence-corrected chi connectivity index (χ4v) is 0.467. The molecule has 0 aliphatic rings. The predicted octanol–water partition coefficient (Wildman–Crippen LogP) is 3.04. The Morgan fingerprint density at radius 2 is 2.00 bits per heavy atom. The van der Waals surface area contributed by atoms with Crippen LogP contribution in [0, 0.1) is 0 Å². The van der Waals surface area contributed by atoms with Crippen molar-refractivity contribution in [2.75, 3.05) is 0 Å². The summed E-state index contributed by atoms with van der Waals surface area (Å²) in [5, 5.41) is 9.03. The Morgan fingerprint density at radius 1 is 1.45 bits per heavy atom. The lowest BCUT2D eigenvalue weighted by Crippen LogP contribution is -1.85. The molecule has 0 radical (unpaired) electrons. The second-order valence-corrected chi connectivity index (χ2v) is 1.99. The Hall–Kier alpha value is -1.31. The van der Waals surface area contributed by atoms with Crippen molar-refractivity contribution in [1.82, 2.24) is 0 Å². The zero-order chi connectivity index (χ0) is 8.85. The zero-order valence-corrected chi connectivity index (χ0v) is 6.47. The van der Waals surface area contributed by atoms with Gasteiger partial charge in [0.25, 0.3) is 0 Å². The maximum absolute atomic E-state index is 12.7. The summed E-state index contributed by atoms with van der Waals surface area (Å²) in [7, 11) is 0. The molecule has 0 amide bonds. The minimum Gasteiger partial charge on any atom is -0.505 e. The molecule has 0 spiro atoms. The van der Waals surface area contributed by atoms with Crippen LogP contribution in [0.3, 0.4) is 0 Å². The molecule has 0 fully saturated rings. The van der Waals surface area contributed by atoms with Crippen LogP contribution >= 0.6 is 0 Å². The molecule has 0 aliphatic carbocycles. The lowest BCUT2D eigenvalue weighted by molar-refractivity contribution is 0.384. The highest BCUT2D eigenvalue weighted by Gasteiger charge is 2.01. The molecule has 2 heteroatoms. The van der Waals surface area contributed by atoms with E-state index in [1.54, 1.807) is 6.92 Å². The highest BCUT2D eigenvalue weighted by atomic mass is 19.1. The molecule has 0 bridgehead atoms. The Bertz CT molecular complexity index is 224. The van der Waals surface area contributed by atoms with Gasteiger partial charge in [-0.3, -0.25) is 0 Å². The van der Waals surface area contributed by atoms with Crippen LogP contribution in [0.2, 0.25) is 0 Å². The molecule has 1 nitrogen and oxygen atoms in total. The highest BCUT2D eigenvalue weighted by molar-refractivity contribution is 5.30. The van der Waals surface area contributed by atoms with Crippen LogP contribution in [0.15, 0.2) is 48.5 Å². The van der Waals surface area contributed by atoms with Crippen molar-refractivity contribution >= 4 is 0 Å². The van der Waals surface area contributed by atoms with Crippen LogP contribution in [0.1, 0.15) is 6.92 Å². The third kappa shape index (κ3) is 2.85. The second kappa shape index (κ2) is 4.50. The number of hydrogen-bond acceptors (Lipinski definition) is 1. The quantitative estimate of drug-likeness (QED) is 0.489. The van der Waals surface area contributed by atoms with Crippen molar-refractivity contribution in [2.45, 2.75) is 6.92 Å². The molecule has 1 N–H and O–H groups in total. The van der Waals surface area contributed by atoms with E-state index in [0.717, 1.165) is 6.08 Å². The third-order valence-electron chi connectivity index (χ3n) is 1.17. The van der Waals surface area contributed by atoms with Crippen LogP contribution in [-0.4, -0.2) is 5.11 Å². The summed E-state index contributed by atoms with van der Waals surface area (Å²) in [5.41, 5.74) is 0.403. The molecule has 0 saturated heterocycles. The Balaban J connectivity index is 4.72. The number of aliphatic hydroxyl groups is 1. The number of halogens is 1. The summed E-state index contributed by atoms with van der Waals surface area (Å²) in [6.07, 6.45) is 3.73. The van der Waals surface area contributed by atoms with E-state index in [9.17, 15) is 4.39 Å². The molecular formula is C9H11FO. The van der Waals surface area contributed by atoms with Gasteiger partial charge in [-0.15, -0.1) is 0 Å². The molecular weight excluding hydrogens is 143 g/mol. The smallest absolute Gasteiger partial charge is 0.165 e. The SMILES string of the molecule is C=C/C=C(F)\C(O)=C(\C)C=C. The van der Waals surface area contributed by atoms with Gasteiger partial charge in [0, 0.05) is 0 Å². The van der Waals surface area contributed by atoms with Gasteiger partial charge < -0.3 is 5.11 Å². The molecule has 0 saturated carbocycles. The molecule has 60 valence electrons. The summed E-state index contributed by atoms with van der Waals surface area (Å²) >= 11 is 0. The summed E-state index contributed by atoms with van der Waals surface area (Å²) in [4.78, 5) is 0. The maximum atomic E-state index is 12.7. The molecule has 0 atom stereocenters. The standard InChI is InChI=1S/C9H11FO/c1-4-6-8(10)9(11)7(3)5-2/h4-6,11H,1-2H2,3H3/b8-6+,9-7+. The van der Waals surface area contributed by atoms with Crippen LogP contribution in [0.5, 0.6) is 0 Å². The number of hydrogen-bond donors (Lipinski definition) is 1. The van der Waals surface area contributed by atoms with Crippen molar-refractivity contribution in [3.8, 4) is 0 Å². The summed E-state index contributed by atoms with van der Waals surface area (Å²) in [6.45, 7) is 8.25. The second-order valence-electron chi connectivity index (χ2n) is 1.99. The number of rotatable bonds is 3. The van der Waals surface area contributed by atoms with E-state index in [-0.39, 0.29) is 5.76 Å². The first-order valence-corrected chi connectivity index (χ1v) is 3.14. The molecule has 0 aliphatic heterocycles. The molecule has 11 heavy (non-hydrogen) atoms. The first-order valence-electron chi connectivity index (χ1n) is 3.14. The van der Waals surface area contributed by atoms with Gasteiger partial charge in [-0.05, 0) is 18.6 Å². The van der Waals surface area contributed by atoms with Crippen LogP contribution in [-0.2, 0) is 0 Å². The van der Waals surface area contributed by atoms with Gasteiger partial charge in [-0.25, -0.2) is 4.39 Å². The van der Waals surface area contributed by atoms with E-state index in [1.165, 1.54) is 12.2 Å². The normalized spacial score (nSPS) is 13.8. The van der Waals surface area contributed by atoms with Crippen molar-refractivity contribution in [2.24, 2.45) is 0 Å². The van der Waals surface area contributed by atoms with Crippen LogP contribution in [0.4, 0.5) is 4.39 Å². The average Bonchev–Trinajstić information content (AvgIpc) is 2.02. The van der Waals surface area contributed by atoms with Crippen molar-refractivity contribution in [3.05, 3.63) is 48.5 Å². The van der Waals surface area contributed by atoms with Gasteiger partial charge in [0.2, 0.25) is 0 Å². The Kier molecular flexibility index (Phi) is 3.96. The lowest BCUT2D eigenvalue weighted by atomic mass is 10.2. The first-order chi connectivity index (χ1) is 5.13.